The van der Waals surface area contributed by atoms with Crippen molar-refractivity contribution in [3.8, 4) is 0 Å². The van der Waals surface area contributed by atoms with E-state index in [1.54, 1.807) is 6.20 Å². The molecule has 1 saturated carbocycles. The molecule has 0 radical (unpaired) electrons. The molecule has 0 N–H and O–H groups in total. The Bertz CT molecular complexity index is 366. The van der Waals surface area contributed by atoms with Crippen molar-refractivity contribution in [3.05, 3.63) is 29.8 Å². The van der Waals surface area contributed by atoms with E-state index in [9.17, 15) is 4.39 Å². The third-order valence-electron chi connectivity index (χ3n) is 4.81. The van der Waals surface area contributed by atoms with Crippen LogP contribution in [0, 0.1) is 17.8 Å². The Morgan fingerprint density at radius 2 is 1.75 bits per heavy atom. The van der Waals surface area contributed by atoms with Crippen LogP contribution in [0.25, 0.3) is 0 Å². The largest absolute Gasteiger partial charge is 0.228 e. The lowest BCUT2D eigenvalue weighted by molar-refractivity contribution is 0.249. The van der Waals surface area contributed by atoms with Gasteiger partial charge in [-0.2, -0.15) is 4.39 Å². The summed E-state index contributed by atoms with van der Waals surface area (Å²) in [5.74, 6) is 1.49. The summed E-state index contributed by atoms with van der Waals surface area (Å²) in [5.41, 5.74) is 1.18. The Kier molecular flexibility index (Phi) is 6.49. The van der Waals surface area contributed by atoms with Gasteiger partial charge in [0.2, 0.25) is 5.95 Å². The molecular weight excluding hydrogens is 249 g/mol. The van der Waals surface area contributed by atoms with Crippen LogP contribution in [0.15, 0.2) is 18.3 Å². The van der Waals surface area contributed by atoms with Crippen LogP contribution in [0.2, 0.25) is 0 Å². The predicted octanol–water partition coefficient (Wildman–Crippen LogP) is 5.54. The molecule has 1 aliphatic rings. The first-order chi connectivity index (χ1) is 9.78. The van der Waals surface area contributed by atoms with Crippen LogP contribution < -0.4 is 0 Å². The van der Waals surface area contributed by atoms with E-state index >= 15 is 0 Å². The third kappa shape index (κ3) is 5.22. The third-order valence-corrected chi connectivity index (χ3v) is 4.81. The number of unbranched alkanes of at least 4 members (excludes halogenated alkanes) is 2. The fourth-order valence-corrected chi connectivity index (χ4v) is 3.42. The van der Waals surface area contributed by atoms with Crippen molar-refractivity contribution in [3.63, 3.8) is 0 Å². The Labute approximate surface area is 123 Å². The Morgan fingerprint density at radius 3 is 2.35 bits per heavy atom. The predicted molar refractivity (Wildman–Crippen MR) is 82.1 cm³/mol. The molecule has 0 unspecified atom stereocenters. The Morgan fingerprint density at radius 1 is 1.05 bits per heavy atom. The van der Waals surface area contributed by atoms with Crippen molar-refractivity contribution >= 4 is 0 Å². The molecule has 0 bridgehead atoms. The summed E-state index contributed by atoms with van der Waals surface area (Å²) in [4.78, 5) is 3.73. The summed E-state index contributed by atoms with van der Waals surface area (Å²) in [7, 11) is 0. The van der Waals surface area contributed by atoms with Gasteiger partial charge in [0.25, 0.3) is 0 Å². The van der Waals surface area contributed by atoms with Crippen LogP contribution in [-0.2, 0) is 6.42 Å². The second-order valence-corrected chi connectivity index (χ2v) is 6.41. The zero-order valence-corrected chi connectivity index (χ0v) is 12.8. The molecule has 2 heteroatoms. The minimum atomic E-state index is -0.374. The lowest BCUT2D eigenvalue weighted by Gasteiger charge is -2.28. The second kappa shape index (κ2) is 8.39. The summed E-state index contributed by atoms with van der Waals surface area (Å²) < 4.78 is 12.7. The summed E-state index contributed by atoms with van der Waals surface area (Å²) >= 11 is 0. The fraction of sp³-hybridized carbons (Fsp3) is 0.722. The molecule has 0 aromatic carbocycles. The van der Waals surface area contributed by atoms with Crippen LogP contribution in [0.5, 0.6) is 0 Å². The lowest BCUT2D eigenvalue weighted by Crippen LogP contribution is -2.15. The highest BCUT2D eigenvalue weighted by Crippen LogP contribution is 2.34. The van der Waals surface area contributed by atoms with Gasteiger partial charge >= 0.3 is 0 Å². The van der Waals surface area contributed by atoms with Gasteiger partial charge < -0.3 is 0 Å². The quantitative estimate of drug-likeness (QED) is 0.471. The molecule has 0 amide bonds. The van der Waals surface area contributed by atoms with Gasteiger partial charge in [0, 0.05) is 6.20 Å². The minimum absolute atomic E-state index is 0.374. The van der Waals surface area contributed by atoms with Crippen molar-refractivity contribution in [1.82, 2.24) is 4.98 Å². The molecule has 0 spiro atoms. The van der Waals surface area contributed by atoms with Gasteiger partial charge in [-0.15, -0.1) is 0 Å². The number of nitrogens with zero attached hydrogens (tertiary/aromatic N) is 1. The van der Waals surface area contributed by atoms with Crippen molar-refractivity contribution < 1.29 is 4.39 Å². The highest BCUT2D eigenvalue weighted by atomic mass is 19.1. The van der Waals surface area contributed by atoms with E-state index in [4.69, 9.17) is 0 Å². The lowest BCUT2D eigenvalue weighted by atomic mass is 9.78. The fourth-order valence-electron chi connectivity index (χ4n) is 3.42. The van der Waals surface area contributed by atoms with Crippen molar-refractivity contribution in [1.29, 1.82) is 0 Å². The van der Waals surface area contributed by atoms with Crippen molar-refractivity contribution in [2.75, 3.05) is 0 Å². The van der Waals surface area contributed by atoms with Crippen molar-refractivity contribution in [2.45, 2.75) is 71.1 Å². The average Bonchev–Trinajstić information content (AvgIpc) is 2.48. The van der Waals surface area contributed by atoms with E-state index in [1.165, 1.54) is 69.4 Å². The van der Waals surface area contributed by atoms with Gasteiger partial charge in [0.15, 0.2) is 0 Å². The molecule has 112 valence electrons. The summed E-state index contributed by atoms with van der Waals surface area (Å²) in [6.45, 7) is 2.28. The maximum Gasteiger partial charge on any atom is 0.212 e. The number of aryl methyl sites for hydroxylation is 1. The molecular formula is C18H28FN. The number of hydrogen-bond acceptors (Lipinski definition) is 1. The van der Waals surface area contributed by atoms with Crippen LogP contribution >= 0.6 is 0 Å². The first-order valence-corrected chi connectivity index (χ1v) is 8.38. The van der Waals surface area contributed by atoms with Crippen LogP contribution in [0.4, 0.5) is 4.39 Å². The van der Waals surface area contributed by atoms with E-state index in [0.717, 1.165) is 18.3 Å². The van der Waals surface area contributed by atoms with Gasteiger partial charge in [-0.25, -0.2) is 4.98 Å². The zero-order chi connectivity index (χ0) is 14.2. The summed E-state index contributed by atoms with van der Waals surface area (Å²) in [5, 5.41) is 0. The van der Waals surface area contributed by atoms with Crippen molar-refractivity contribution in [2.24, 2.45) is 11.8 Å². The molecule has 1 aliphatic carbocycles. The molecule has 0 atom stereocenters. The molecule has 1 nitrogen and oxygen atoms in total. The molecule has 0 aliphatic heterocycles. The first-order valence-electron chi connectivity index (χ1n) is 8.38. The minimum Gasteiger partial charge on any atom is -0.228 e. The normalized spacial score (nSPS) is 22.9. The smallest absolute Gasteiger partial charge is 0.212 e. The van der Waals surface area contributed by atoms with E-state index in [-0.39, 0.29) is 5.95 Å². The number of hydrogen-bond donors (Lipinski definition) is 0. The number of aromatic nitrogens is 1. The zero-order valence-electron chi connectivity index (χ0n) is 12.8. The topological polar surface area (TPSA) is 12.9 Å². The Hall–Kier alpha value is -0.920. The van der Waals surface area contributed by atoms with E-state index < -0.39 is 0 Å². The van der Waals surface area contributed by atoms with Gasteiger partial charge in [-0.3, -0.25) is 0 Å². The standard InChI is InChI=1S/C18H28FN/c1-2-3-4-5-15-6-8-16(9-7-15)10-11-17-12-13-18(19)20-14-17/h12-16H,2-11H2,1H3. The van der Waals surface area contributed by atoms with Crippen LogP contribution in [0.1, 0.15) is 70.3 Å². The average molecular weight is 277 g/mol. The Balaban J connectivity index is 1.63. The second-order valence-electron chi connectivity index (χ2n) is 6.41. The van der Waals surface area contributed by atoms with Crippen LogP contribution in [-0.4, -0.2) is 4.98 Å². The first kappa shape index (κ1) is 15.5. The molecule has 1 aromatic heterocycles. The maximum atomic E-state index is 12.7. The van der Waals surface area contributed by atoms with Gasteiger partial charge in [-0.1, -0.05) is 64.4 Å². The molecule has 1 fully saturated rings. The highest BCUT2D eigenvalue weighted by Gasteiger charge is 2.20. The monoisotopic (exact) mass is 277 g/mol. The summed E-state index contributed by atoms with van der Waals surface area (Å²) in [6, 6.07) is 3.35. The van der Waals surface area contributed by atoms with Gasteiger partial charge in [0.1, 0.15) is 0 Å². The molecule has 1 aromatic rings. The van der Waals surface area contributed by atoms with E-state index in [1.807, 2.05) is 6.07 Å². The molecule has 20 heavy (non-hydrogen) atoms. The van der Waals surface area contributed by atoms with Gasteiger partial charge in [0.05, 0.1) is 0 Å². The highest BCUT2D eigenvalue weighted by molar-refractivity contribution is 5.09. The SMILES string of the molecule is CCCCCC1CCC(CCc2ccc(F)nc2)CC1. The number of halogens is 1. The number of pyridine rings is 1. The molecule has 1 heterocycles. The van der Waals surface area contributed by atoms with Gasteiger partial charge in [-0.05, 0) is 36.3 Å². The van der Waals surface area contributed by atoms with E-state index in [2.05, 4.69) is 11.9 Å². The molecule has 2 rings (SSSR count). The molecule has 0 saturated heterocycles. The maximum absolute atomic E-state index is 12.7. The number of rotatable bonds is 7. The van der Waals surface area contributed by atoms with Crippen LogP contribution in [0.3, 0.4) is 0 Å². The van der Waals surface area contributed by atoms with E-state index in [0.29, 0.717) is 0 Å². The summed E-state index contributed by atoms with van der Waals surface area (Å²) in [6.07, 6.45) is 15.2.